The van der Waals surface area contributed by atoms with E-state index in [2.05, 4.69) is 10.3 Å². The van der Waals surface area contributed by atoms with Crippen LogP contribution in [0, 0.1) is 0 Å². The summed E-state index contributed by atoms with van der Waals surface area (Å²) >= 11 is 1.18. The Morgan fingerprint density at radius 3 is 2.88 bits per heavy atom. The standard InChI is InChI=1S/C9H14N4O2S2/c1-13-5-4-11-9(13)12-6-7-2-3-8(16-7)17(10,14)15/h2-3H,4-6H2,1H3,(H,11,12)(H2,10,14,15). The molecule has 6 nitrogen and oxygen atoms in total. The fourth-order valence-electron chi connectivity index (χ4n) is 1.50. The van der Waals surface area contributed by atoms with Crippen molar-refractivity contribution in [3.05, 3.63) is 17.0 Å². The number of nitrogens with zero attached hydrogens (tertiary/aromatic N) is 2. The molecular weight excluding hydrogens is 260 g/mol. The summed E-state index contributed by atoms with van der Waals surface area (Å²) in [6, 6.07) is 3.28. The number of aliphatic imine (C=N–C) groups is 1. The van der Waals surface area contributed by atoms with E-state index in [1.54, 1.807) is 6.07 Å². The van der Waals surface area contributed by atoms with Crippen molar-refractivity contribution in [2.75, 3.05) is 20.1 Å². The number of thiophene rings is 1. The molecular formula is C9H14N4O2S2. The largest absolute Gasteiger partial charge is 0.351 e. The number of nitrogens with one attached hydrogen (secondary N) is 1. The van der Waals surface area contributed by atoms with Crippen molar-refractivity contribution in [3.8, 4) is 0 Å². The molecule has 0 saturated heterocycles. The van der Waals surface area contributed by atoms with Crippen molar-refractivity contribution in [1.82, 2.24) is 10.2 Å². The summed E-state index contributed by atoms with van der Waals surface area (Å²) in [6.07, 6.45) is 0. The molecule has 1 aliphatic rings. The minimum atomic E-state index is -3.58. The van der Waals surface area contributed by atoms with Crippen LogP contribution in [-0.2, 0) is 16.6 Å². The second-order valence-corrected chi connectivity index (χ2v) is 6.70. The maximum Gasteiger partial charge on any atom is 0.247 e. The van der Waals surface area contributed by atoms with Crippen molar-refractivity contribution < 1.29 is 8.42 Å². The Balaban J connectivity index is 1.98. The van der Waals surface area contributed by atoms with Crippen molar-refractivity contribution in [3.63, 3.8) is 0 Å². The number of rotatable bonds is 3. The third-order valence-corrected chi connectivity index (χ3v) is 4.92. The highest BCUT2D eigenvalue weighted by Gasteiger charge is 2.14. The molecule has 2 rings (SSSR count). The van der Waals surface area contributed by atoms with Crippen LogP contribution in [0.15, 0.2) is 21.3 Å². The number of hydrogen-bond acceptors (Lipinski definition) is 6. The van der Waals surface area contributed by atoms with Crippen LogP contribution >= 0.6 is 11.3 Å². The Morgan fingerprint density at radius 1 is 1.59 bits per heavy atom. The predicted molar refractivity (Wildman–Crippen MR) is 67.5 cm³/mol. The van der Waals surface area contributed by atoms with Gasteiger partial charge in [-0.1, -0.05) is 0 Å². The highest BCUT2D eigenvalue weighted by Crippen LogP contribution is 2.20. The van der Waals surface area contributed by atoms with E-state index in [-0.39, 0.29) is 4.21 Å². The fraction of sp³-hybridized carbons (Fsp3) is 0.444. The van der Waals surface area contributed by atoms with Gasteiger partial charge < -0.3 is 10.2 Å². The zero-order chi connectivity index (χ0) is 12.5. The van der Waals surface area contributed by atoms with Crippen molar-refractivity contribution in [2.45, 2.75) is 10.8 Å². The van der Waals surface area contributed by atoms with Gasteiger partial charge in [-0.3, -0.25) is 4.99 Å². The minimum absolute atomic E-state index is 0.191. The molecule has 17 heavy (non-hydrogen) atoms. The minimum Gasteiger partial charge on any atom is -0.351 e. The lowest BCUT2D eigenvalue weighted by molar-refractivity contribution is 0.534. The van der Waals surface area contributed by atoms with Gasteiger partial charge in [0, 0.05) is 18.5 Å². The topological polar surface area (TPSA) is 87.8 Å². The number of primary sulfonamides is 1. The van der Waals surface area contributed by atoms with E-state index in [0.29, 0.717) is 6.54 Å². The van der Waals surface area contributed by atoms with Gasteiger partial charge in [-0.15, -0.1) is 11.3 Å². The molecule has 0 fully saturated rings. The van der Waals surface area contributed by atoms with Gasteiger partial charge in [-0.05, 0) is 12.1 Å². The van der Waals surface area contributed by atoms with Crippen LogP contribution < -0.4 is 10.5 Å². The van der Waals surface area contributed by atoms with Gasteiger partial charge in [0.25, 0.3) is 0 Å². The summed E-state index contributed by atoms with van der Waals surface area (Å²) in [5.41, 5.74) is 0. The van der Waals surface area contributed by atoms with Crippen LogP contribution in [0.3, 0.4) is 0 Å². The predicted octanol–water partition coefficient (Wildman–Crippen LogP) is -0.214. The van der Waals surface area contributed by atoms with Gasteiger partial charge in [0.2, 0.25) is 10.0 Å². The van der Waals surface area contributed by atoms with E-state index in [1.807, 2.05) is 11.9 Å². The maximum absolute atomic E-state index is 11.1. The van der Waals surface area contributed by atoms with E-state index in [1.165, 1.54) is 17.4 Å². The quantitative estimate of drug-likeness (QED) is 0.798. The second kappa shape index (κ2) is 4.63. The average Bonchev–Trinajstić information content (AvgIpc) is 2.82. The molecule has 0 radical (unpaired) electrons. The normalized spacial score (nSPS) is 16.1. The van der Waals surface area contributed by atoms with E-state index < -0.39 is 10.0 Å². The zero-order valence-corrected chi connectivity index (χ0v) is 11.0. The zero-order valence-electron chi connectivity index (χ0n) is 9.38. The Kier molecular flexibility index (Phi) is 3.36. The van der Waals surface area contributed by atoms with Gasteiger partial charge in [-0.2, -0.15) is 0 Å². The van der Waals surface area contributed by atoms with Crippen molar-refractivity contribution in [1.29, 1.82) is 0 Å². The monoisotopic (exact) mass is 274 g/mol. The first-order valence-electron chi connectivity index (χ1n) is 5.08. The SMILES string of the molecule is CN1CCN=C1NCc1ccc(S(N)(=O)=O)s1. The van der Waals surface area contributed by atoms with Crippen molar-refractivity contribution in [2.24, 2.45) is 10.1 Å². The van der Waals surface area contributed by atoms with Crippen LogP contribution in [0.2, 0.25) is 0 Å². The van der Waals surface area contributed by atoms with E-state index in [4.69, 9.17) is 5.14 Å². The summed E-state index contributed by atoms with van der Waals surface area (Å²) in [5.74, 6) is 0.843. The molecule has 0 saturated carbocycles. The molecule has 0 unspecified atom stereocenters. The third kappa shape index (κ3) is 2.96. The fourth-order valence-corrected chi connectivity index (χ4v) is 3.21. The first-order chi connectivity index (χ1) is 7.97. The molecule has 0 aliphatic carbocycles. The lowest BCUT2D eigenvalue weighted by Crippen LogP contribution is -2.34. The molecule has 0 amide bonds. The summed E-state index contributed by atoms with van der Waals surface area (Å²) in [4.78, 5) is 7.22. The molecule has 1 aromatic heterocycles. The third-order valence-electron chi connectivity index (χ3n) is 2.40. The second-order valence-electron chi connectivity index (χ2n) is 3.75. The average molecular weight is 274 g/mol. The van der Waals surface area contributed by atoms with Crippen LogP contribution in [0.25, 0.3) is 0 Å². The summed E-state index contributed by atoms with van der Waals surface area (Å²) in [5, 5.41) is 8.20. The Bertz CT molecular complexity index is 535. The van der Waals surface area contributed by atoms with Crippen LogP contribution in [0.1, 0.15) is 4.88 Å². The summed E-state index contributed by atoms with van der Waals surface area (Å²) in [7, 11) is -1.62. The van der Waals surface area contributed by atoms with Gasteiger partial charge in [0.15, 0.2) is 5.96 Å². The molecule has 8 heteroatoms. The highest BCUT2D eigenvalue weighted by atomic mass is 32.2. The molecule has 1 aliphatic heterocycles. The number of hydrogen-bond donors (Lipinski definition) is 2. The molecule has 94 valence electrons. The van der Waals surface area contributed by atoms with Crippen molar-refractivity contribution >= 4 is 27.3 Å². The first-order valence-corrected chi connectivity index (χ1v) is 7.44. The van der Waals surface area contributed by atoms with Gasteiger partial charge in [0.05, 0.1) is 13.1 Å². The number of sulfonamides is 1. The van der Waals surface area contributed by atoms with Gasteiger partial charge in [-0.25, -0.2) is 13.6 Å². The molecule has 0 aromatic carbocycles. The molecule has 3 N–H and O–H groups in total. The van der Waals surface area contributed by atoms with E-state index in [0.717, 1.165) is 23.9 Å². The van der Waals surface area contributed by atoms with E-state index in [9.17, 15) is 8.42 Å². The number of nitrogens with two attached hydrogens (primary N) is 1. The summed E-state index contributed by atoms with van der Waals surface area (Å²) in [6.45, 7) is 2.27. The molecule has 0 atom stereocenters. The highest BCUT2D eigenvalue weighted by molar-refractivity contribution is 7.91. The Hall–Kier alpha value is -1.12. The summed E-state index contributed by atoms with van der Waals surface area (Å²) < 4.78 is 22.4. The number of likely N-dealkylation sites (N-methyl/N-ethyl adjacent to an activating group) is 1. The molecule has 0 bridgehead atoms. The van der Waals surface area contributed by atoms with Crippen LogP contribution in [0.4, 0.5) is 0 Å². The molecule has 1 aromatic rings. The maximum atomic E-state index is 11.1. The van der Waals surface area contributed by atoms with E-state index >= 15 is 0 Å². The lowest BCUT2D eigenvalue weighted by atomic mass is 10.5. The lowest BCUT2D eigenvalue weighted by Gasteiger charge is -2.14. The Morgan fingerprint density at radius 2 is 2.35 bits per heavy atom. The van der Waals surface area contributed by atoms with Crippen LogP contribution in [-0.4, -0.2) is 39.4 Å². The van der Waals surface area contributed by atoms with Gasteiger partial charge >= 0.3 is 0 Å². The number of guanidine groups is 1. The first kappa shape index (κ1) is 12.3. The smallest absolute Gasteiger partial charge is 0.247 e. The van der Waals surface area contributed by atoms with Gasteiger partial charge in [0.1, 0.15) is 4.21 Å². The Labute approximate surface area is 104 Å². The molecule has 0 spiro atoms. The molecule has 2 heterocycles. The van der Waals surface area contributed by atoms with Crippen LogP contribution in [0.5, 0.6) is 0 Å².